The first-order valence-corrected chi connectivity index (χ1v) is 3.42. The molecule has 0 rings (SSSR count). The average molecular weight is 158 g/mol. The Bertz CT molecular complexity index is 175. The maximum absolute atomic E-state index is 10.2. The van der Waals surface area contributed by atoms with Gasteiger partial charge in [0.05, 0.1) is 5.84 Å². The number of carboxylic acids is 1. The molecule has 4 nitrogen and oxygen atoms in total. The van der Waals surface area contributed by atoms with Gasteiger partial charge in [-0.05, 0) is 6.42 Å². The normalized spacial score (nSPS) is 11.1. The lowest BCUT2D eigenvalue weighted by Gasteiger charge is -2.21. The fourth-order valence-electron chi connectivity index (χ4n) is 0.554. The van der Waals surface area contributed by atoms with Crippen LogP contribution in [0.1, 0.15) is 26.7 Å². The number of nitrogens with two attached hydrogens (primary N) is 1. The smallest absolute Gasteiger partial charge is 0.303 e. The summed E-state index contributed by atoms with van der Waals surface area (Å²) in [5.74, 6) is -0.807. The second-order valence-electron chi connectivity index (χ2n) is 3.19. The van der Waals surface area contributed by atoms with E-state index in [1.165, 1.54) is 0 Å². The van der Waals surface area contributed by atoms with Crippen molar-refractivity contribution >= 4 is 11.8 Å². The summed E-state index contributed by atoms with van der Waals surface area (Å²) in [7, 11) is 0. The third-order valence-corrected chi connectivity index (χ3v) is 1.69. The molecule has 0 aliphatic heterocycles. The summed E-state index contributed by atoms with van der Waals surface area (Å²) in [6.07, 6.45) is 0.476. The molecule has 0 saturated carbocycles. The van der Waals surface area contributed by atoms with Crippen LogP contribution in [-0.2, 0) is 4.79 Å². The second kappa shape index (κ2) is 3.37. The number of carbonyl (C=O) groups is 1. The lowest BCUT2D eigenvalue weighted by molar-refractivity contribution is -0.137. The highest BCUT2D eigenvalue weighted by atomic mass is 16.4. The molecule has 0 unspecified atom stereocenters. The van der Waals surface area contributed by atoms with Crippen molar-refractivity contribution < 1.29 is 9.90 Å². The maximum atomic E-state index is 10.2. The Hall–Kier alpha value is -1.06. The lowest BCUT2D eigenvalue weighted by atomic mass is 9.87. The largest absolute Gasteiger partial charge is 0.481 e. The number of amidine groups is 1. The van der Waals surface area contributed by atoms with Crippen LogP contribution in [0.25, 0.3) is 0 Å². The van der Waals surface area contributed by atoms with E-state index in [4.69, 9.17) is 16.2 Å². The molecule has 0 atom stereocenters. The summed E-state index contributed by atoms with van der Waals surface area (Å²) < 4.78 is 0. The fourth-order valence-corrected chi connectivity index (χ4v) is 0.554. The van der Waals surface area contributed by atoms with Gasteiger partial charge in [-0.15, -0.1) is 0 Å². The molecule has 0 spiro atoms. The van der Waals surface area contributed by atoms with E-state index >= 15 is 0 Å². The van der Waals surface area contributed by atoms with Gasteiger partial charge in [0.25, 0.3) is 0 Å². The van der Waals surface area contributed by atoms with Crippen LogP contribution in [0.5, 0.6) is 0 Å². The number of aliphatic carboxylic acids is 1. The van der Waals surface area contributed by atoms with Crippen molar-refractivity contribution in [2.45, 2.75) is 26.7 Å². The number of carboxylic acid groups (broad SMARTS) is 1. The highest BCUT2D eigenvalue weighted by Crippen LogP contribution is 2.21. The molecule has 4 N–H and O–H groups in total. The van der Waals surface area contributed by atoms with E-state index in [0.717, 1.165) is 0 Å². The highest BCUT2D eigenvalue weighted by Gasteiger charge is 2.22. The predicted octanol–water partition coefficient (Wildman–Crippen LogP) is 0.813. The zero-order chi connectivity index (χ0) is 9.07. The van der Waals surface area contributed by atoms with Crippen molar-refractivity contribution in [2.75, 3.05) is 0 Å². The number of rotatable bonds is 4. The lowest BCUT2D eigenvalue weighted by Crippen LogP contribution is -2.31. The molecule has 0 heterocycles. The van der Waals surface area contributed by atoms with Gasteiger partial charge in [-0.25, -0.2) is 0 Å². The van der Waals surface area contributed by atoms with Crippen LogP contribution < -0.4 is 5.73 Å². The third-order valence-electron chi connectivity index (χ3n) is 1.69. The van der Waals surface area contributed by atoms with Crippen molar-refractivity contribution in [2.24, 2.45) is 11.1 Å². The number of nitrogens with one attached hydrogen (secondary N) is 1. The average Bonchev–Trinajstić information content (AvgIpc) is 1.84. The fraction of sp³-hybridized carbons (Fsp3) is 0.714. The molecule has 4 heteroatoms. The topological polar surface area (TPSA) is 87.2 Å². The Morgan fingerprint density at radius 3 is 2.36 bits per heavy atom. The molecule has 0 fully saturated rings. The van der Waals surface area contributed by atoms with Gasteiger partial charge in [0.2, 0.25) is 0 Å². The van der Waals surface area contributed by atoms with Gasteiger partial charge < -0.3 is 10.8 Å². The standard InChI is InChI=1S/C7H14N2O2/c1-7(2,6(8)9)4-3-5(10)11/h3-4H2,1-2H3,(H3,8,9)(H,10,11). The van der Waals surface area contributed by atoms with Crippen LogP contribution in [0.4, 0.5) is 0 Å². The molecule has 11 heavy (non-hydrogen) atoms. The van der Waals surface area contributed by atoms with E-state index in [2.05, 4.69) is 0 Å². The summed E-state index contributed by atoms with van der Waals surface area (Å²) >= 11 is 0. The summed E-state index contributed by atoms with van der Waals surface area (Å²) in [4.78, 5) is 10.2. The molecule has 0 amide bonds. The zero-order valence-electron chi connectivity index (χ0n) is 6.85. The molecule has 0 aliphatic rings. The zero-order valence-corrected chi connectivity index (χ0v) is 6.85. The van der Waals surface area contributed by atoms with Crippen LogP contribution in [0.2, 0.25) is 0 Å². The first-order chi connectivity index (χ1) is 4.86. The summed E-state index contributed by atoms with van der Waals surface area (Å²) in [6, 6.07) is 0. The maximum Gasteiger partial charge on any atom is 0.303 e. The minimum atomic E-state index is -0.848. The van der Waals surface area contributed by atoms with Crippen LogP contribution in [0.15, 0.2) is 0 Å². The van der Waals surface area contributed by atoms with Gasteiger partial charge in [0.15, 0.2) is 0 Å². The summed E-state index contributed by atoms with van der Waals surface area (Å²) in [5.41, 5.74) is 4.76. The highest BCUT2D eigenvalue weighted by molar-refractivity contribution is 5.83. The molecule has 0 aromatic heterocycles. The van der Waals surface area contributed by atoms with E-state index in [0.29, 0.717) is 6.42 Å². The van der Waals surface area contributed by atoms with Crippen LogP contribution in [0.3, 0.4) is 0 Å². The quantitative estimate of drug-likeness (QED) is 0.418. The van der Waals surface area contributed by atoms with Gasteiger partial charge in [-0.2, -0.15) is 0 Å². The monoisotopic (exact) mass is 158 g/mol. The van der Waals surface area contributed by atoms with E-state index in [1.54, 1.807) is 13.8 Å². The Labute approximate surface area is 65.9 Å². The van der Waals surface area contributed by atoms with Crippen molar-refractivity contribution in [1.82, 2.24) is 0 Å². The van der Waals surface area contributed by atoms with E-state index in [9.17, 15) is 4.79 Å². The Balaban J connectivity index is 3.92. The van der Waals surface area contributed by atoms with E-state index in [-0.39, 0.29) is 12.3 Å². The minimum absolute atomic E-state index is 0.0405. The van der Waals surface area contributed by atoms with Crippen molar-refractivity contribution in [3.8, 4) is 0 Å². The van der Waals surface area contributed by atoms with Gasteiger partial charge in [0, 0.05) is 11.8 Å². The molecular formula is C7H14N2O2. The van der Waals surface area contributed by atoms with Gasteiger partial charge in [-0.1, -0.05) is 13.8 Å². The van der Waals surface area contributed by atoms with Gasteiger partial charge in [-0.3, -0.25) is 10.2 Å². The Morgan fingerprint density at radius 2 is 2.09 bits per heavy atom. The van der Waals surface area contributed by atoms with Crippen LogP contribution >= 0.6 is 0 Å². The molecule has 64 valence electrons. The van der Waals surface area contributed by atoms with Gasteiger partial charge in [0.1, 0.15) is 0 Å². The molecule has 0 radical (unpaired) electrons. The van der Waals surface area contributed by atoms with E-state index < -0.39 is 11.4 Å². The number of hydrogen-bond acceptors (Lipinski definition) is 2. The molecule has 0 aromatic rings. The Morgan fingerprint density at radius 1 is 1.64 bits per heavy atom. The van der Waals surface area contributed by atoms with Crippen molar-refractivity contribution in [3.05, 3.63) is 0 Å². The van der Waals surface area contributed by atoms with E-state index in [1.807, 2.05) is 0 Å². The SMILES string of the molecule is CC(C)(CCC(=O)O)C(=N)N. The predicted molar refractivity (Wildman–Crippen MR) is 42.6 cm³/mol. The minimum Gasteiger partial charge on any atom is -0.481 e. The third kappa shape index (κ3) is 3.60. The molecule has 0 bridgehead atoms. The molecule has 0 aromatic carbocycles. The van der Waals surface area contributed by atoms with Crippen LogP contribution in [-0.4, -0.2) is 16.9 Å². The molecular weight excluding hydrogens is 144 g/mol. The number of hydrogen-bond donors (Lipinski definition) is 3. The molecule has 0 saturated heterocycles. The second-order valence-corrected chi connectivity index (χ2v) is 3.19. The summed E-state index contributed by atoms with van der Waals surface area (Å²) in [6.45, 7) is 3.52. The first-order valence-electron chi connectivity index (χ1n) is 3.42. The first kappa shape index (κ1) is 9.94. The summed E-state index contributed by atoms with van der Waals surface area (Å²) in [5, 5.41) is 15.5. The van der Waals surface area contributed by atoms with Crippen LogP contribution in [0, 0.1) is 10.8 Å². The molecule has 0 aliphatic carbocycles. The van der Waals surface area contributed by atoms with Crippen molar-refractivity contribution in [3.63, 3.8) is 0 Å². The van der Waals surface area contributed by atoms with Crippen molar-refractivity contribution in [1.29, 1.82) is 5.41 Å². The van der Waals surface area contributed by atoms with Gasteiger partial charge >= 0.3 is 5.97 Å². The Kier molecular flexibility index (Phi) is 3.04.